The van der Waals surface area contributed by atoms with E-state index in [-0.39, 0.29) is 27.5 Å². The van der Waals surface area contributed by atoms with Gasteiger partial charge < -0.3 is 10.8 Å². The largest absolute Gasteiger partial charge is 0.505 e. The Labute approximate surface area is 249 Å². The number of rotatable bonds is 6. The first kappa shape index (κ1) is 28.8. The topological polar surface area (TPSA) is 217 Å². The number of phenolic OH excluding ortho intramolecular Hbond substituents is 1. The van der Waals surface area contributed by atoms with Crippen molar-refractivity contribution in [2.75, 3.05) is 5.73 Å². The molecule has 0 aliphatic carbocycles. The first-order valence-corrected chi connectivity index (χ1v) is 15.5. The number of nitrogens with zero attached hydrogens (tertiary/aromatic N) is 5. The number of aromatic hydroxyl groups is 1. The molecular weight excluding hydrogens is 608 g/mol. The maximum Gasteiger partial charge on any atom is 0.296 e. The number of benzene rings is 5. The predicted octanol–water partition coefficient (Wildman–Crippen LogP) is 7.15. The van der Waals surface area contributed by atoms with Gasteiger partial charge in [0.25, 0.3) is 20.2 Å². The molecule has 15 heteroatoms. The Morgan fingerprint density at radius 3 is 2.14 bits per heavy atom. The Balaban J connectivity index is 1.50. The molecule has 6 aromatic rings. The van der Waals surface area contributed by atoms with Crippen LogP contribution in [-0.2, 0) is 20.2 Å². The number of fused-ring (bicyclic) bond motifs is 3. The lowest BCUT2D eigenvalue weighted by atomic mass is 10.1. The van der Waals surface area contributed by atoms with Crippen LogP contribution < -0.4 is 5.73 Å². The average molecular weight is 629 g/mol. The van der Waals surface area contributed by atoms with Gasteiger partial charge in [-0.2, -0.15) is 16.8 Å². The second-order valence-corrected chi connectivity index (χ2v) is 12.4. The molecule has 44 heavy (non-hydrogen) atoms. The normalized spacial score (nSPS) is 12.7. The molecule has 0 amide bonds. The monoisotopic (exact) mass is 628 g/mol. The van der Waals surface area contributed by atoms with Crippen molar-refractivity contribution in [3.63, 3.8) is 0 Å². The molecule has 0 aliphatic heterocycles. The van der Waals surface area contributed by atoms with Gasteiger partial charge in [0, 0.05) is 27.2 Å². The Kier molecular flexibility index (Phi) is 7.01. The van der Waals surface area contributed by atoms with E-state index in [9.17, 15) is 31.0 Å². The van der Waals surface area contributed by atoms with E-state index in [1.165, 1.54) is 42.5 Å². The third-order valence-electron chi connectivity index (χ3n) is 6.70. The van der Waals surface area contributed by atoms with E-state index < -0.39 is 41.5 Å². The fraction of sp³-hybridized carbons (Fsp3) is 0. The van der Waals surface area contributed by atoms with Crippen LogP contribution in [0.2, 0.25) is 0 Å². The first-order valence-electron chi connectivity index (χ1n) is 12.6. The van der Waals surface area contributed by atoms with Gasteiger partial charge in [0.1, 0.15) is 16.3 Å². The summed E-state index contributed by atoms with van der Waals surface area (Å²) >= 11 is 0. The van der Waals surface area contributed by atoms with Gasteiger partial charge in [-0.3, -0.25) is 14.1 Å². The SMILES string of the molecule is Nc1ccc2cc(S(=O)(=O)O)c(N=Nc3ccc(N=Nc4cnc5ccccc5c4)c4ccc(S(=O)(=O)O)cc34)c(O)c2c1. The number of aromatic nitrogens is 1. The molecule has 0 atom stereocenters. The first-order chi connectivity index (χ1) is 20.9. The van der Waals surface area contributed by atoms with Crippen molar-refractivity contribution in [1.29, 1.82) is 0 Å². The molecule has 0 aliphatic rings. The van der Waals surface area contributed by atoms with Crippen LogP contribution in [0.15, 0.2) is 121 Å². The molecule has 13 nitrogen and oxygen atoms in total. The average Bonchev–Trinajstić information content (AvgIpc) is 2.98. The van der Waals surface area contributed by atoms with Gasteiger partial charge in [0.2, 0.25) is 0 Å². The molecule has 220 valence electrons. The van der Waals surface area contributed by atoms with Crippen LogP contribution in [0, 0.1) is 0 Å². The summed E-state index contributed by atoms with van der Waals surface area (Å²) in [5.74, 6) is -0.608. The smallest absolute Gasteiger partial charge is 0.296 e. The van der Waals surface area contributed by atoms with E-state index in [0.29, 0.717) is 16.8 Å². The van der Waals surface area contributed by atoms with Gasteiger partial charge in [-0.1, -0.05) is 30.3 Å². The van der Waals surface area contributed by atoms with Crippen molar-refractivity contribution in [2.24, 2.45) is 20.5 Å². The van der Waals surface area contributed by atoms with E-state index in [1.807, 2.05) is 24.3 Å². The Hall–Kier alpha value is -5.35. The fourth-order valence-corrected chi connectivity index (χ4v) is 5.78. The van der Waals surface area contributed by atoms with Gasteiger partial charge in [-0.05, 0) is 60.0 Å². The van der Waals surface area contributed by atoms with Crippen molar-refractivity contribution in [3.05, 3.63) is 91.1 Å². The van der Waals surface area contributed by atoms with E-state index in [1.54, 1.807) is 12.3 Å². The van der Waals surface area contributed by atoms with Crippen LogP contribution in [0.3, 0.4) is 0 Å². The zero-order chi connectivity index (χ0) is 31.2. The highest BCUT2D eigenvalue weighted by molar-refractivity contribution is 7.86. The number of anilines is 1. The molecule has 0 saturated heterocycles. The van der Waals surface area contributed by atoms with Crippen LogP contribution in [0.1, 0.15) is 0 Å². The lowest BCUT2D eigenvalue weighted by Crippen LogP contribution is -1.99. The molecule has 0 bridgehead atoms. The van der Waals surface area contributed by atoms with Crippen LogP contribution in [0.5, 0.6) is 5.75 Å². The quantitative estimate of drug-likeness (QED) is 0.0834. The summed E-state index contributed by atoms with van der Waals surface area (Å²) < 4.78 is 67.8. The number of nitrogen functional groups attached to an aromatic ring is 1. The molecule has 0 spiro atoms. The van der Waals surface area contributed by atoms with Crippen LogP contribution >= 0.6 is 0 Å². The van der Waals surface area contributed by atoms with Crippen molar-refractivity contribution < 1.29 is 31.0 Å². The molecule has 5 aromatic carbocycles. The standard InChI is InChI=1S/C29H20N6O7S2/c30-18-6-5-16-12-27(44(40,41)42)28(29(36)22(16)13-18)35-34-26-10-9-25(21-8-7-20(14-23(21)26)43(37,38)39)33-32-19-11-17-3-1-2-4-24(17)31-15-19/h1-15,36H,30H2,(H,37,38,39)(H,40,41,42). The predicted molar refractivity (Wildman–Crippen MR) is 164 cm³/mol. The number of para-hydroxylation sites is 1. The lowest BCUT2D eigenvalue weighted by Gasteiger charge is -2.10. The molecule has 0 unspecified atom stereocenters. The summed E-state index contributed by atoms with van der Waals surface area (Å²) in [6, 6.07) is 21.4. The Bertz CT molecular complexity index is 2430. The van der Waals surface area contributed by atoms with Crippen molar-refractivity contribution >= 4 is 81.1 Å². The maximum absolute atomic E-state index is 12.2. The summed E-state index contributed by atoms with van der Waals surface area (Å²) in [7, 11) is -9.50. The summed E-state index contributed by atoms with van der Waals surface area (Å²) in [6.07, 6.45) is 1.55. The molecule has 6 rings (SSSR count). The highest BCUT2D eigenvalue weighted by Gasteiger charge is 2.22. The van der Waals surface area contributed by atoms with Crippen molar-refractivity contribution in [2.45, 2.75) is 9.79 Å². The molecule has 0 saturated carbocycles. The molecule has 0 fully saturated rings. The van der Waals surface area contributed by atoms with Crippen LogP contribution in [0.25, 0.3) is 32.4 Å². The third kappa shape index (κ3) is 5.55. The van der Waals surface area contributed by atoms with Crippen LogP contribution in [-0.4, -0.2) is 36.0 Å². The minimum Gasteiger partial charge on any atom is -0.505 e. The number of phenols is 1. The zero-order valence-electron chi connectivity index (χ0n) is 22.3. The highest BCUT2D eigenvalue weighted by Crippen LogP contribution is 2.43. The van der Waals surface area contributed by atoms with Crippen molar-refractivity contribution in [1.82, 2.24) is 4.98 Å². The maximum atomic E-state index is 12.2. The van der Waals surface area contributed by atoms with E-state index in [0.717, 1.165) is 23.0 Å². The van der Waals surface area contributed by atoms with Gasteiger partial charge in [-0.15, -0.1) is 20.5 Å². The zero-order valence-corrected chi connectivity index (χ0v) is 23.9. The third-order valence-corrected chi connectivity index (χ3v) is 8.42. The number of nitrogens with two attached hydrogens (primary N) is 1. The van der Waals surface area contributed by atoms with E-state index >= 15 is 0 Å². The minimum atomic E-state index is -4.87. The lowest BCUT2D eigenvalue weighted by molar-refractivity contribution is 0.472. The Morgan fingerprint density at radius 1 is 0.659 bits per heavy atom. The summed E-state index contributed by atoms with van der Waals surface area (Å²) in [4.78, 5) is 3.19. The van der Waals surface area contributed by atoms with Gasteiger partial charge in [0.05, 0.1) is 28.0 Å². The van der Waals surface area contributed by atoms with E-state index in [2.05, 4.69) is 25.4 Å². The van der Waals surface area contributed by atoms with Gasteiger partial charge in [-0.25, -0.2) is 0 Å². The Morgan fingerprint density at radius 2 is 1.39 bits per heavy atom. The van der Waals surface area contributed by atoms with Crippen molar-refractivity contribution in [3.8, 4) is 5.75 Å². The molecule has 1 heterocycles. The molecule has 0 radical (unpaired) electrons. The number of hydrogen-bond acceptors (Lipinski definition) is 11. The molecular formula is C29H20N6O7S2. The second-order valence-electron chi connectivity index (χ2n) is 9.60. The second kappa shape index (κ2) is 10.7. The van der Waals surface area contributed by atoms with Gasteiger partial charge in [0.15, 0.2) is 5.75 Å². The fourth-order valence-electron chi connectivity index (χ4n) is 4.61. The number of pyridine rings is 1. The minimum absolute atomic E-state index is 0.0187. The number of hydrogen-bond donors (Lipinski definition) is 4. The summed E-state index contributed by atoms with van der Waals surface area (Å²) in [5.41, 5.74) is 7.09. The van der Waals surface area contributed by atoms with Gasteiger partial charge >= 0.3 is 0 Å². The molecule has 5 N–H and O–H groups in total. The van der Waals surface area contributed by atoms with Crippen LogP contribution in [0.4, 0.5) is 28.4 Å². The molecule has 1 aromatic heterocycles. The highest BCUT2D eigenvalue weighted by atomic mass is 32.2. The summed E-state index contributed by atoms with van der Waals surface area (Å²) in [5, 5.41) is 29.3. The summed E-state index contributed by atoms with van der Waals surface area (Å²) in [6.45, 7) is 0. The number of azo groups is 2. The van der Waals surface area contributed by atoms with E-state index in [4.69, 9.17) is 5.73 Å².